The SMILES string of the molecule is CCCS(=O)(=O)N1CCC(Nc2cc(-c3ccc(C(F)F)nc3)cc3ccncc23)CC1.O=S(=O)(C1CCC1)N1CCC(Nc2cc(-c3ccc(C(F)F)nc3)cc3ccncc23)CC1.O=S(=O)(C1CCC1)N1CCC(Nc2cc(-c3ccnc(C(F)F)c3)cc3ccncc23)CC1. The molecule has 98 heavy (non-hydrogen) atoms. The van der Waals surface area contributed by atoms with Crippen LogP contribution in [0.3, 0.4) is 0 Å². The quantitative estimate of drug-likeness (QED) is 0.0640. The fourth-order valence-corrected chi connectivity index (χ4v) is 18.9. The molecule has 9 heterocycles. The van der Waals surface area contributed by atoms with Crippen molar-refractivity contribution >= 4 is 79.4 Å². The van der Waals surface area contributed by atoms with Gasteiger partial charge >= 0.3 is 0 Å². The van der Waals surface area contributed by atoms with Gasteiger partial charge in [-0.2, -0.15) is 0 Å². The normalized spacial score (nSPS) is 17.7. The largest absolute Gasteiger partial charge is 0.382 e. The maximum Gasteiger partial charge on any atom is 0.280 e. The Morgan fingerprint density at radius 3 is 1.09 bits per heavy atom. The number of piperidine rings is 3. The molecule has 0 radical (unpaired) electrons. The lowest BCUT2D eigenvalue weighted by molar-refractivity contribution is 0.145. The molecule has 3 aromatic carbocycles. The number of hydrogen-bond acceptors (Lipinski definition) is 15. The molecule has 518 valence electrons. The van der Waals surface area contributed by atoms with Crippen molar-refractivity contribution in [3.05, 3.63) is 164 Å². The number of benzene rings is 3. The maximum absolute atomic E-state index is 13.2. The second kappa shape index (κ2) is 30.7. The zero-order chi connectivity index (χ0) is 68.7. The predicted octanol–water partition coefficient (Wildman–Crippen LogP) is 14.8. The summed E-state index contributed by atoms with van der Waals surface area (Å²) >= 11 is 0. The Bertz CT molecular complexity index is 4600. The van der Waals surface area contributed by atoms with Crippen molar-refractivity contribution in [3.8, 4) is 33.4 Å². The highest BCUT2D eigenvalue weighted by atomic mass is 32.2. The van der Waals surface area contributed by atoms with Crippen LogP contribution in [0.2, 0.25) is 0 Å². The lowest BCUT2D eigenvalue weighted by atomic mass is 9.99. The summed E-state index contributed by atoms with van der Waals surface area (Å²) in [4.78, 5) is 24.3. The first-order valence-corrected chi connectivity index (χ1v) is 37.9. The maximum atomic E-state index is 13.2. The summed E-state index contributed by atoms with van der Waals surface area (Å²) in [6.07, 6.45) is 17.0. The van der Waals surface area contributed by atoms with Crippen LogP contribution in [-0.2, 0) is 30.1 Å². The van der Waals surface area contributed by atoms with E-state index in [1.165, 1.54) is 36.8 Å². The van der Waals surface area contributed by atoms with Crippen LogP contribution >= 0.6 is 0 Å². The molecule has 3 saturated heterocycles. The molecule has 5 fully saturated rings. The number of pyridine rings is 6. The molecule has 5 aliphatic rings. The van der Waals surface area contributed by atoms with Crippen LogP contribution in [0.15, 0.2) is 147 Å². The molecule has 0 amide bonds. The van der Waals surface area contributed by atoms with Gasteiger partial charge in [0.1, 0.15) is 17.1 Å². The Morgan fingerprint density at radius 1 is 0.398 bits per heavy atom. The highest BCUT2D eigenvalue weighted by Gasteiger charge is 2.39. The van der Waals surface area contributed by atoms with Gasteiger partial charge in [0.2, 0.25) is 30.1 Å². The molecule has 14 rings (SSSR count). The van der Waals surface area contributed by atoms with Crippen LogP contribution in [-0.4, -0.2) is 142 Å². The van der Waals surface area contributed by atoms with Gasteiger partial charge < -0.3 is 16.0 Å². The lowest BCUT2D eigenvalue weighted by Gasteiger charge is -2.37. The summed E-state index contributed by atoms with van der Waals surface area (Å²) in [5.74, 6) is 0.182. The summed E-state index contributed by atoms with van der Waals surface area (Å²) in [5, 5.41) is 16.1. The molecule has 0 spiro atoms. The first-order chi connectivity index (χ1) is 47.2. The molecule has 6 aromatic heterocycles. The van der Waals surface area contributed by atoms with Crippen LogP contribution < -0.4 is 16.0 Å². The summed E-state index contributed by atoms with van der Waals surface area (Å²) in [6, 6.07) is 27.1. The second-order valence-electron chi connectivity index (χ2n) is 25.6. The van der Waals surface area contributed by atoms with E-state index in [4.69, 9.17) is 0 Å². The van der Waals surface area contributed by atoms with E-state index < -0.39 is 49.3 Å². The molecule has 2 saturated carbocycles. The van der Waals surface area contributed by atoms with E-state index in [-0.39, 0.29) is 51.5 Å². The summed E-state index contributed by atoms with van der Waals surface area (Å²) in [5.41, 5.74) is 6.62. The molecule has 3 aliphatic heterocycles. The summed E-state index contributed by atoms with van der Waals surface area (Å²) in [7, 11) is -9.54. The predicted molar refractivity (Wildman–Crippen MR) is 372 cm³/mol. The first kappa shape index (κ1) is 69.9. The average molecular weight is 1410 g/mol. The van der Waals surface area contributed by atoms with Gasteiger partial charge in [0, 0.05) is 158 Å². The van der Waals surface area contributed by atoms with E-state index in [0.29, 0.717) is 76.9 Å². The minimum Gasteiger partial charge on any atom is -0.382 e. The van der Waals surface area contributed by atoms with Crippen molar-refractivity contribution in [2.45, 2.75) is 138 Å². The standard InChI is InChI=1S/2C24H26F2N4O2S.C23H26F2N4O2S/c25-24(26)23-13-16(5-9-28-23)18-12-17-4-8-27-15-21(17)22(14-18)29-19-6-10-30(11-7-19)33(31,32)20-2-1-3-20;25-24(26)22-5-4-17(14-28-22)18-12-16-6-9-27-15-21(16)23(13-18)29-19-7-10-30(11-8-19)33(31,32)20-2-1-3-20;1-2-11-32(30,31)29-9-6-19(7-10-29)28-22-13-18(12-16-5-8-26-15-20(16)22)17-3-4-21(23(24)25)27-14-17/h4-5,8-9,12-15,19-20,24,29H,1-3,6-7,10-11H2;4-6,9,12-15,19-20,24,29H,1-3,7-8,10-11H2;3-5,8,12-15,19,23,28H,2,6-7,9-11H2,1H3. The Balaban J connectivity index is 0.000000140. The second-order valence-corrected chi connectivity index (χ2v) is 32.2. The van der Waals surface area contributed by atoms with E-state index in [1.54, 1.807) is 68.3 Å². The molecule has 0 atom stereocenters. The van der Waals surface area contributed by atoms with Crippen LogP contribution in [0.25, 0.3) is 65.7 Å². The van der Waals surface area contributed by atoms with Gasteiger partial charge in [0.15, 0.2) is 0 Å². The summed E-state index contributed by atoms with van der Waals surface area (Å²) in [6.45, 7) is 4.91. The molecule has 9 aromatic rings. The molecule has 0 bridgehead atoms. The number of sulfonamides is 3. The number of anilines is 3. The van der Waals surface area contributed by atoms with Crippen LogP contribution in [0.4, 0.5) is 43.4 Å². The molecule has 18 nitrogen and oxygen atoms in total. The zero-order valence-corrected chi connectivity index (χ0v) is 56.5. The Hall–Kier alpha value is -7.95. The van der Waals surface area contributed by atoms with Gasteiger partial charge in [-0.05, 0) is 188 Å². The van der Waals surface area contributed by atoms with Gasteiger partial charge in [0.05, 0.1) is 16.3 Å². The molecule has 3 N–H and O–H groups in total. The van der Waals surface area contributed by atoms with Crippen molar-refractivity contribution in [1.82, 2.24) is 42.8 Å². The number of hydrogen-bond donors (Lipinski definition) is 3. The Kier molecular flexibility index (Phi) is 21.9. The van der Waals surface area contributed by atoms with E-state index >= 15 is 0 Å². The third-order valence-electron chi connectivity index (χ3n) is 19.3. The summed E-state index contributed by atoms with van der Waals surface area (Å²) < 4.78 is 158. The van der Waals surface area contributed by atoms with Gasteiger partial charge in [-0.15, -0.1) is 0 Å². The Morgan fingerprint density at radius 2 is 0.765 bits per heavy atom. The van der Waals surface area contributed by atoms with Crippen molar-refractivity contribution < 1.29 is 51.6 Å². The van der Waals surface area contributed by atoms with Gasteiger partial charge in [-0.3, -0.25) is 29.9 Å². The molecule has 2 aliphatic carbocycles. The van der Waals surface area contributed by atoms with Gasteiger partial charge in [-0.25, -0.2) is 64.5 Å². The molecule has 0 unspecified atom stereocenters. The zero-order valence-electron chi connectivity index (χ0n) is 54.1. The highest BCUT2D eigenvalue weighted by molar-refractivity contribution is 7.90. The lowest BCUT2D eigenvalue weighted by Crippen LogP contribution is -2.47. The van der Waals surface area contributed by atoms with Gasteiger partial charge in [0.25, 0.3) is 19.3 Å². The number of halogens is 6. The highest BCUT2D eigenvalue weighted by Crippen LogP contribution is 2.39. The van der Waals surface area contributed by atoms with Crippen molar-refractivity contribution in [2.24, 2.45) is 0 Å². The van der Waals surface area contributed by atoms with Gasteiger partial charge in [-0.1, -0.05) is 31.9 Å². The monoisotopic (exact) mass is 1400 g/mol. The van der Waals surface area contributed by atoms with E-state index in [2.05, 4.69) is 45.9 Å². The fraction of sp³-hybridized carbons (Fsp3) is 0.408. The van der Waals surface area contributed by atoms with Crippen LogP contribution in [0.1, 0.15) is 127 Å². The van der Waals surface area contributed by atoms with E-state index in [0.717, 1.165) is 129 Å². The number of alkyl halides is 6. The minimum absolute atomic E-state index is 0.116. The van der Waals surface area contributed by atoms with Crippen LogP contribution in [0.5, 0.6) is 0 Å². The average Bonchev–Trinajstić information content (AvgIpc) is 0.805. The fourth-order valence-electron chi connectivity index (χ4n) is 13.2. The number of aromatic nitrogens is 6. The van der Waals surface area contributed by atoms with E-state index in [1.807, 2.05) is 61.5 Å². The van der Waals surface area contributed by atoms with Crippen molar-refractivity contribution in [1.29, 1.82) is 0 Å². The first-order valence-electron chi connectivity index (χ1n) is 33.3. The van der Waals surface area contributed by atoms with Crippen molar-refractivity contribution in [2.75, 3.05) is 61.0 Å². The number of rotatable bonds is 19. The third-order valence-corrected chi connectivity index (χ3v) is 26.1. The smallest absolute Gasteiger partial charge is 0.280 e. The topological polar surface area (TPSA) is 226 Å². The van der Waals surface area contributed by atoms with Crippen molar-refractivity contribution in [3.63, 3.8) is 0 Å². The van der Waals surface area contributed by atoms with Crippen LogP contribution in [0, 0.1) is 0 Å². The Labute approximate surface area is 567 Å². The molecular formula is C71H78F6N12O6S3. The number of nitrogens with one attached hydrogen (secondary N) is 3. The minimum atomic E-state index is -3.18. The number of fused-ring (bicyclic) bond motifs is 3. The molecular weight excluding hydrogens is 1330 g/mol. The number of nitrogens with zero attached hydrogens (tertiary/aromatic N) is 9. The van der Waals surface area contributed by atoms with E-state index in [9.17, 15) is 51.6 Å². The molecule has 27 heteroatoms. The third kappa shape index (κ3) is 16.2.